The van der Waals surface area contributed by atoms with E-state index in [0.29, 0.717) is 0 Å². The molecule has 0 saturated heterocycles. The van der Waals surface area contributed by atoms with Crippen LogP contribution in [0.3, 0.4) is 0 Å². The second-order valence-corrected chi connectivity index (χ2v) is 4.79. The molecule has 1 aliphatic rings. The monoisotopic (exact) mass is 213 g/mol. The molecule has 0 aliphatic heterocycles. The third-order valence-corrected chi connectivity index (χ3v) is 3.55. The molecule has 13 heavy (non-hydrogen) atoms. The van der Waals surface area contributed by atoms with E-state index in [0.717, 1.165) is 23.4 Å². The zero-order chi connectivity index (χ0) is 9.47. The Bertz CT molecular complexity index is 334. The van der Waals surface area contributed by atoms with E-state index in [1.165, 1.54) is 4.90 Å². The van der Waals surface area contributed by atoms with Crippen LogP contribution in [-0.2, 0) is 5.54 Å². The Balaban J connectivity index is 2.43. The first-order chi connectivity index (χ1) is 6.15. The summed E-state index contributed by atoms with van der Waals surface area (Å²) in [7, 11) is 0. The summed E-state index contributed by atoms with van der Waals surface area (Å²) in [5.74, 6) is 0. The van der Waals surface area contributed by atoms with Crippen LogP contribution in [0.25, 0.3) is 0 Å². The van der Waals surface area contributed by atoms with Crippen LogP contribution in [0.15, 0.2) is 23.1 Å². The van der Waals surface area contributed by atoms with Gasteiger partial charge in [0.15, 0.2) is 0 Å². The van der Waals surface area contributed by atoms with Crippen LogP contribution in [0.4, 0.5) is 0 Å². The van der Waals surface area contributed by atoms with Crippen molar-refractivity contribution in [3.8, 4) is 0 Å². The minimum atomic E-state index is -0.122. The van der Waals surface area contributed by atoms with Crippen LogP contribution in [-0.4, -0.2) is 6.26 Å². The molecule has 1 nitrogen and oxygen atoms in total. The van der Waals surface area contributed by atoms with E-state index in [1.54, 1.807) is 11.8 Å². The Labute approximate surface area is 87.7 Å². The van der Waals surface area contributed by atoms with E-state index < -0.39 is 0 Å². The van der Waals surface area contributed by atoms with Crippen LogP contribution >= 0.6 is 23.4 Å². The third kappa shape index (κ3) is 1.71. The molecule has 0 radical (unpaired) electrons. The molecule has 70 valence electrons. The van der Waals surface area contributed by atoms with Gasteiger partial charge in [-0.1, -0.05) is 11.6 Å². The quantitative estimate of drug-likeness (QED) is 0.765. The van der Waals surface area contributed by atoms with Gasteiger partial charge < -0.3 is 5.73 Å². The van der Waals surface area contributed by atoms with Crippen molar-refractivity contribution in [3.05, 3.63) is 28.8 Å². The van der Waals surface area contributed by atoms with E-state index in [-0.39, 0.29) is 5.54 Å². The Hall–Kier alpha value is -0.180. The van der Waals surface area contributed by atoms with Gasteiger partial charge in [-0.25, -0.2) is 0 Å². The molecule has 0 amide bonds. The lowest BCUT2D eigenvalue weighted by Crippen LogP contribution is -2.19. The van der Waals surface area contributed by atoms with Gasteiger partial charge in [-0.3, -0.25) is 0 Å². The number of rotatable bonds is 2. The Kier molecular flexibility index (Phi) is 2.30. The maximum atomic E-state index is 6.10. The molecule has 1 aromatic rings. The number of halogens is 1. The van der Waals surface area contributed by atoms with E-state index in [4.69, 9.17) is 17.3 Å². The van der Waals surface area contributed by atoms with Crippen LogP contribution in [0.2, 0.25) is 5.02 Å². The van der Waals surface area contributed by atoms with Crippen LogP contribution in [0, 0.1) is 0 Å². The van der Waals surface area contributed by atoms with Crippen LogP contribution < -0.4 is 5.73 Å². The number of nitrogens with two attached hydrogens (primary N) is 1. The van der Waals surface area contributed by atoms with Gasteiger partial charge >= 0.3 is 0 Å². The zero-order valence-corrected chi connectivity index (χ0v) is 9.08. The predicted octanol–water partition coefficient (Wildman–Crippen LogP) is 3.01. The van der Waals surface area contributed by atoms with Crippen molar-refractivity contribution in [1.29, 1.82) is 0 Å². The highest BCUT2D eigenvalue weighted by Gasteiger charge is 2.41. The number of hydrogen-bond acceptors (Lipinski definition) is 2. The Morgan fingerprint density at radius 3 is 2.69 bits per heavy atom. The summed E-state index contributed by atoms with van der Waals surface area (Å²) in [5, 5.41) is 0.804. The third-order valence-electron chi connectivity index (χ3n) is 2.50. The molecule has 2 N–H and O–H groups in total. The fraction of sp³-hybridized carbons (Fsp3) is 0.400. The van der Waals surface area contributed by atoms with Crippen LogP contribution in [0.1, 0.15) is 18.4 Å². The molecule has 3 heteroatoms. The lowest BCUT2D eigenvalue weighted by molar-refractivity contribution is 0.737. The van der Waals surface area contributed by atoms with Crippen molar-refractivity contribution in [2.45, 2.75) is 23.3 Å². The molecule has 0 atom stereocenters. The summed E-state index contributed by atoms with van der Waals surface area (Å²) in [5.41, 5.74) is 7.09. The molecule has 0 bridgehead atoms. The molecule has 1 aliphatic carbocycles. The summed E-state index contributed by atoms with van der Waals surface area (Å²) in [6, 6.07) is 6.08. The molecule has 1 aromatic carbocycles. The molecule has 0 aromatic heterocycles. The second kappa shape index (κ2) is 3.19. The fourth-order valence-corrected chi connectivity index (χ4v) is 2.16. The number of thioether (sulfide) groups is 1. The topological polar surface area (TPSA) is 26.0 Å². The molecular weight excluding hydrogens is 202 g/mol. The normalized spacial score (nSPS) is 18.7. The smallest absolute Gasteiger partial charge is 0.0457 e. The van der Waals surface area contributed by atoms with Gasteiger partial charge in [0.2, 0.25) is 0 Å². The summed E-state index contributed by atoms with van der Waals surface area (Å²) in [6.07, 6.45) is 4.18. The average molecular weight is 214 g/mol. The molecule has 1 fully saturated rings. The number of hydrogen-bond donors (Lipinski definition) is 1. The Morgan fingerprint density at radius 2 is 2.15 bits per heavy atom. The van der Waals surface area contributed by atoms with Gasteiger partial charge in [-0.15, -0.1) is 11.8 Å². The van der Waals surface area contributed by atoms with Gasteiger partial charge in [0.05, 0.1) is 0 Å². The summed E-state index contributed by atoms with van der Waals surface area (Å²) in [4.78, 5) is 1.23. The van der Waals surface area contributed by atoms with Gasteiger partial charge in [-0.2, -0.15) is 0 Å². The first-order valence-corrected chi connectivity index (χ1v) is 5.89. The zero-order valence-electron chi connectivity index (χ0n) is 7.51. The average Bonchev–Trinajstić information content (AvgIpc) is 2.86. The largest absolute Gasteiger partial charge is 0.321 e. The lowest BCUT2D eigenvalue weighted by atomic mass is 10.1. The first-order valence-electron chi connectivity index (χ1n) is 4.29. The molecule has 2 rings (SSSR count). The van der Waals surface area contributed by atoms with Crippen molar-refractivity contribution in [2.24, 2.45) is 5.73 Å². The fourth-order valence-electron chi connectivity index (χ4n) is 1.42. The van der Waals surface area contributed by atoms with Crippen molar-refractivity contribution < 1.29 is 0 Å². The van der Waals surface area contributed by atoms with Crippen molar-refractivity contribution in [3.63, 3.8) is 0 Å². The second-order valence-electron chi connectivity index (χ2n) is 3.50. The van der Waals surface area contributed by atoms with E-state index in [9.17, 15) is 0 Å². The summed E-state index contributed by atoms with van der Waals surface area (Å²) >= 11 is 7.81. The summed E-state index contributed by atoms with van der Waals surface area (Å²) < 4.78 is 0. The minimum absolute atomic E-state index is 0.122. The highest BCUT2D eigenvalue weighted by Crippen LogP contribution is 2.46. The lowest BCUT2D eigenvalue weighted by Gasteiger charge is -2.12. The highest BCUT2D eigenvalue weighted by atomic mass is 35.5. The van der Waals surface area contributed by atoms with Gasteiger partial charge in [0.1, 0.15) is 0 Å². The molecular formula is C10H12ClNS. The minimum Gasteiger partial charge on any atom is -0.321 e. The van der Waals surface area contributed by atoms with Crippen LogP contribution in [0.5, 0.6) is 0 Å². The number of benzene rings is 1. The maximum absolute atomic E-state index is 6.10. The SMILES string of the molecule is CSc1ccc(Cl)c(C2(N)CC2)c1. The Morgan fingerprint density at radius 1 is 1.46 bits per heavy atom. The molecule has 0 spiro atoms. The van der Waals surface area contributed by atoms with E-state index >= 15 is 0 Å². The predicted molar refractivity (Wildman–Crippen MR) is 58.3 cm³/mol. The van der Waals surface area contributed by atoms with Gasteiger partial charge in [0.25, 0.3) is 0 Å². The standard InChI is InChI=1S/C10H12ClNS/c1-13-7-2-3-9(11)8(6-7)10(12)4-5-10/h2-3,6H,4-5,12H2,1H3. The molecule has 0 heterocycles. The van der Waals surface area contributed by atoms with E-state index in [1.807, 2.05) is 12.1 Å². The van der Waals surface area contributed by atoms with Crippen molar-refractivity contribution in [1.82, 2.24) is 0 Å². The molecule has 1 saturated carbocycles. The van der Waals surface area contributed by atoms with Crippen molar-refractivity contribution >= 4 is 23.4 Å². The van der Waals surface area contributed by atoms with Gasteiger partial charge in [0, 0.05) is 15.5 Å². The highest BCUT2D eigenvalue weighted by molar-refractivity contribution is 7.98. The van der Waals surface area contributed by atoms with Gasteiger partial charge in [-0.05, 0) is 42.9 Å². The molecule has 0 unspecified atom stereocenters. The van der Waals surface area contributed by atoms with E-state index in [2.05, 4.69) is 12.3 Å². The summed E-state index contributed by atoms with van der Waals surface area (Å²) in [6.45, 7) is 0. The van der Waals surface area contributed by atoms with Crippen molar-refractivity contribution in [2.75, 3.05) is 6.26 Å². The first kappa shape index (κ1) is 9.38. The maximum Gasteiger partial charge on any atom is 0.0457 e.